The summed E-state index contributed by atoms with van der Waals surface area (Å²) in [6, 6.07) is 0. The molecule has 0 rings (SSSR count). The van der Waals surface area contributed by atoms with Gasteiger partial charge in [0.25, 0.3) is 0 Å². The fraction of sp³-hybridized carbons (Fsp3) is 1.00. The molecule has 0 saturated heterocycles. The molecule has 0 aromatic carbocycles. The zero-order valence-electron chi connectivity index (χ0n) is 11.4. The van der Waals surface area contributed by atoms with Crippen LogP contribution in [0.4, 0.5) is 0 Å². The predicted molar refractivity (Wildman–Crippen MR) is 67.1 cm³/mol. The average Bonchev–Trinajstić information content (AvgIpc) is 2.36. The van der Waals surface area contributed by atoms with Crippen LogP contribution < -0.4 is 0 Å². The first-order chi connectivity index (χ1) is 8.39. The van der Waals surface area contributed by atoms with E-state index in [1.54, 1.807) is 20.8 Å². The molecule has 7 heteroatoms. The van der Waals surface area contributed by atoms with Gasteiger partial charge < -0.3 is 35.4 Å². The largest absolute Gasteiger partial charge is 0.397 e. The van der Waals surface area contributed by atoms with E-state index in [1.165, 1.54) is 0 Å². The molecule has 0 saturated carbocycles. The second-order valence-electron chi connectivity index (χ2n) is 3.51. The van der Waals surface area contributed by atoms with Gasteiger partial charge in [0.2, 0.25) is 0 Å². The van der Waals surface area contributed by atoms with Crippen molar-refractivity contribution >= 4 is 0 Å². The monoisotopic (exact) mass is 272 g/mol. The Morgan fingerprint density at radius 3 is 1.44 bits per heavy atom. The second-order valence-corrected chi connectivity index (χ2v) is 3.51. The minimum Gasteiger partial charge on any atom is -0.397 e. The minimum absolute atomic E-state index is 0.00667. The summed E-state index contributed by atoms with van der Waals surface area (Å²) in [5, 5.41) is 48.7. The molecule has 0 aromatic heterocycles. The van der Waals surface area contributed by atoms with Crippen LogP contribution in [0.5, 0.6) is 0 Å². The third-order valence-electron chi connectivity index (χ3n) is 1.30. The highest BCUT2D eigenvalue weighted by atomic mass is 16.5. The van der Waals surface area contributed by atoms with Crippen molar-refractivity contribution in [3.8, 4) is 0 Å². The molecular formula is C11H28O7. The molecule has 6 N–H and O–H groups in total. The minimum atomic E-state index is -0.954. The first-order valence-corrected chi connectivity index (χ1v) is 5.80. The zero-order valence-corrected chi connectivity index (χ0v) is 11.4. The van der Waals surface area contributed by atoms with Crippen molar-refractivity contribution in [2.75, 3.05) is 33.0 Å². The van der Waals surface area contributed by atoms with E-state index in [1.807, 2.05) is 0 Å². The molecule has 114 valence electrons. The standard InChI is InChI=1S/C6H14O3.C3H8O3.C2H6O/c1-5(8)4-9-6(2)3-7;4-1-3(6)2-5;1-2-3/h5-8H,3-4H2,1-2H3;3-6H,1-2H2;3H,2H2,1H3. The van der Waals surface area contributed by atoms with Crippen LogP contribution in [0.1, 0.15) is 20.8 Å². The van der Waals surface area contributed by atoms with Gasteiger partial charge in [0.1, 0.15) is 6.10 Å². The van der Waals surface area contributed by atoms with E-state index in [4.69, 9.17) is 35.4 Å². The first-order valence-electron chi connectivity index (χ1n) is 5.80. The Hall–Kier alpha value is -0.280. The van der Waals surface area contributed by atoms with Gasteiger partial charge in [0, 0.05) is 6.61 Å². The van der Waals surface area contributed by atoms with E-state index in [9.17, 15) is 0 Å². The number of hydrogen-bond acceptors (Lipinski definition) is 7. The molecule has 0 aliphatic rings. The van der Waals surface area contributed by atoms with Crippen LogP contribution >= 0.6 is 0 Å². The zero-order chi connectivity index (χ0) is 15.0. The highest BCUT2D eigenvalue weighted by Gasteiger charge is 2.00. The SMILES string of the molecule is CC(O)COC(C)CO.CCO.OCC(O)CO. The molecule has 0 spiro atoms. The van der Waals surface area contributed by atoms with E-state index in [2.05, 4.69) is 0 Å². The molecule has 2 unspecified atom stereocenters. The van der Waals surface area contributed by atoms with Crippen LogP contribution in [0.25, 0.3) is 0 Å². The lowest BCUT2D eigenvalue weighted by atomic mass is 10.4. The maximum atomic E-state index is 8.69. The lowest BCUT2D eigenvalue weighted by Gasteiger charge is -2.10. The molecule has 0 radical (unpaired) electrons. The van der Waals surface area contributed by atoms with Crippen LogP contribution in [-0.2, 0) is 4.74 Å². The molecule has 0 fully saturated rings. The molecular weight excluding hydrogens is 244 g/mol. The van der Waals surface area contributed by atoms with E-state index in [-0.39, 0.29) is 32.5 Å². The predicted octanol–water partition coefficient (Wildman–Crippen LogP) is -1.90. The van der Waals surface area contributed by atoms with Crippen molar-refractivity contribution < 1.29 is 35.4 Å². The van der Waals surface area contributed by atoms with Gasteiger partial charge in [-0.05, 0) is 20.8 Å². The summed E-state index contributed by atoms with van der Waals surface area (Å²) in [7, 11) is 0. The fourth-order valence-electron chi connectivity index (χ4n) is 0.414. The molecule has 0 aliphatic heterocycles. The summed E-state index contributed by atoms with van der Waals surface area (Å²) in [5.74, 6) is 0. The molecule has 0 bridgehead atoms. The Balaban J connectivity index is -0.000000216. The van der Waals surface area contributed by atoms with Crippen molar-refractivity contribution in [3.63, 3.8) is 0 Å². The Morgan fingerprint density at radius 1 is 0.889 bits per heavy atom. The van der Waals surface area contributed by atoms with Crippen molar-refractivity contribution in [2.24, 2.45) is 0 Å². The lowest BCUT2D eigenvalue weighted by molar-refractivity contribution is -0.0177. The van der Waals surface area contributed by atoms with Crippen LogP contribution in [0.15, 0.2) is 0 Å². The third-order valence-corrected chi connectivity index (χ3v) is 1.30. The lowest BCUT2D eigenvalue weighted by Crippen LogP contribution is -2.19. The van der Waals surface area contributed by atoms with E-state index in [0.29, 0.717) is 6.61 Å². The van der Waals surface area contributed by atoms with Crippen LogP contribution in [0.2, 0.25) is 0 Å². The molecule has 0 heterocycles. The highest BCUT2D eigenvalue weighted by molar-refractivity contribution is 4.47. The quantitative estimate of drug-likeness (QED) is 0.333. The van der Waals surface area contributed by atoms with E-state index in [0.717, 1.165) is 0 Å². The summed E-state index contributed by atoms with van der Waals surface area (Å²) >= 11 is 0. The summed E-state index contributed by atoms with van der Waals surface area (Å²) in [6.45, 7) is 4.90. The van der Waals surface area contributed by atoms with Crippen molar-refractivity contribution in [2.45, 2.75) is 39.1 Å². The van der Waals surface area contributed by atoms with Crippen molar-refractivity contribution in [3.05, 3.63) is 0 Å². The van der Waals surface area contributed by atoms with Crippen LogP contribution in [-0.4, -0.2) is 82.0 Å². The smallest absolute Gasteiger partial charge is 0.100 e. The van der Waals surface area contributed by atoms with Crippen LogP contribution in [0.3, 0.4) is 0 Å². The summed E-state index contributed by atoms with van der Waals surface area (Å²) in [5.41, 5.74) is 0. The molecule has 18 heavy (non-hydrogen) atoms. The average molecular weight is 272 g/mol. The number of rotatable bonds is 6. The van der Waals surface area contributed by atoms with Gasteiger partial charge in [-0.3, -0.25) is 0 Å². The number of aliphatic hydroxyl groups excluding tert-OH is 6. The highest BCUT2D eigenvalue weighted by Crippen LogP contribution is 1.90. The Kier molecular flexibility index (Phi) is 24.2. The van der Waals surface area contributed by atoms with Crippen molar-refractivity contribution in [1.82, 2.24) is 0 Å². The third kappa shape index (κ3) is 29.6. The van der Waals surface area contributed by atoms with Gasteiger partial charge >= 0.3 is 0 Å². The Morgan fingerprint density at radius 2 is 1.28 bits per heavy atom. The van der Waals surface area contributed by atoms with Gasteiger partial charge in [-0.15, -0.1) is 0 Å². The number of hydrogen-bond donors (Lipinski definition) is 6. The molecule has 2 atom stereocenters. The van der Waals surface area contributed by atoms with Gasteiger partial charge in [0.05, 0.1) is 38.6 Å². The Bertz CT molecular complexity index is 129. The Labute approximate surface area is 108 Å². The molecule has 0 aliphatic carbocycles. The van der Waals surface area contributed by atoms with Gasteiger partial charge in [0.15, 0.2) is 0 Å². The topological polar surface area (TPSA) is 131 Å². The number of ether oxygens (including phenoxy) is 1. The maximum absolute atomic E-state index is 8.69. The van der Waals surface area contributed by atoms with Gasteiger partial charge in [-0.2, -0.15) is 0 Å². The summed E-state index contributed by atoms with van der Waals surface area (Å²) in [4.78, 5) is 0. The van der Waals surface area contributed by atoms with Gasteiger partial charge in [-0.1, -0.05) is 0 Å². The van der Waals surface area contributed by atoms with Gasteiger partial charge in [-0.25, -0.2) is 0 Å². The summed E-state index contributed by atoms with van der Waals surface area (Å²) < 4.78 is 4.95. The fourth-order valence-corrected chi connectivity index (χ4v) is 0.414. The normalized spacial score (nSPS) is 13.0. The second kappa shape index (κ2) is 19.1. The molecule has 0 amide bonds. The molecule has 0 aromatic rings. The maximum Gasteiger partial charge on any atom is 0.100 e. The van der Waals surface area contributed by atoms with E-state index < -0.39 is 12.2 Å². The van der Waals surface area contributed by atoms with Crippen molar-refractivity contribution in [1.29, 1.82) is 0 Å². The number of aliphatic hydroxyl groups is 6. The first kappa shape index (κ1) is 22.9. The molecule has 7 nitrogen and oxygen atoms in total. The van der Waals surface area contributed by atoms with Crippen LogP contribution in [0, 0.1) is 0 Å². The van der Waals surface area contributed by atoms with E-state index >= 15 is 0 Å². The summed E-state index contributed by atoms with van der Waals surface area (Å²) in [6.07, 6.45) is -1.57.